The van der Waals surface area contributed by atoms with Gasteiger partial charge in [-0.05, 0) is 76.8 Å². The lowest BCUT2D eigenvalue weighted by atomic mass is 9.53. The van der Waals surface area contributed by atoms with Gasteiger partial charge in [-0.1, -0.05) is 152 Å². The van der Waals surface area contributed by atoms with Crippen LogP contribution < -0.4 is 0 Å². The zero-order chi connectivity index (χ0) is 28.3. The Kier molecular flexibility index (Phi) is 6.12. The van der Waals surface area contributed by atoms with E-state index < -0.39 is 0 Å². The van der Waals surface area contributed by atoms with Gasteiger partial charge in [-0.2, -0.15) is 0 Å². The number of rotatable bonds is 5. The lowest BCUT2D eigenvalue weighted by molar-refractivity contribution is 0.403. The quantitative estimate of drug-likeness (QED) is 0.212. The van der Waals surface area contributed by atoms with Gasteiger partial charge in [0.15, 0.2) is 0 Å². The molecule has 0 radical (unpaired) electrons. The summed E-state index contributed by atoms with van der Waals surface area (Å²) in [5, 5.41) is 0. The first kappa shape index (κ1) is 25.8. The third-order valence-electron chi connectivity index (χ3n) is 9.66. The summed E-state index contributed by atoms with van der Waals surface area (Å²) in [7, 11) is 0. The number of allylic oxidation sites excluding steroid dienone is 1. The van der Waals surface area contributed by atoms with Crippen molar-refractivity contribution in [2.75, 3.05) is 0 Å². The Morgan fingerprint density at radius 3 is 1.61 bits per heavy atom. The van der Waals surface area contributed by atoms with Crippen LogP contribution in [0.4, 0.5) is 0 Å². The van der Waals surface area contributed by atoms with Gasteiger partial charge in [-0.15, -0.1) is 0 Å². The van der Waals surface area contributed by atoms with Gasteiger partial charge in [0.25, 0.3) is 0 Å². The second-order valence-corrected chi connectivity index (χ2v) is 12.5. The molecule has 41 heavy (non-hydrogen) atoms. The first-order chi connectivity index (χ1) is 19.9. The zero-order valence-corrected chi connectivity index (χ0v) is 24.8. The second-order valence-electron chi connectivity index (χ2n) is 12.5. The van der Waals surface area contributed by atoms with E-state index in [1.54, 1.807) is 0 Å². The van der Waals surface area contributed by atoms with Crippen LogP contribution in [-0.4, -0.2) is 0 Å². The fourth-order valence-corrected chi connectivity index (χ4v) is 8.13. The highest BCUT2D eigenvalue weighted by molar-refractivity contribution is 5.83. The molecule has 202 valence electrons. The number of benzene rings is 5. The molecule has 2 aliphatic rings. The second kappa shape index (κ2) is 9.74. The summed E-state index contributed by atoms with van der Waals surface area (Å²) >= 11 is 0. The fourth-order valence-electron chi connectivity index (χ4n) is 8.13. The van der Waals surface area contributed by atoms with E-state index in [0.29, 0.717) is 5.92 Å². The maximum atomic E-state index is 2.47. The summed E-state index contributed by atoms with van der Waals surface area (Å²) in [6.45, 7) is 11.6. The topological polar surface area (TPSA) is 0 Å². The van der Waals surface area contributed by atoms with Crippen molar-refractivity contribution in [3.05, 3.63) is 171 Å². The first-order valence-electron chi connectivity index (χ1n) is 15.0. The molecule has 5 aromatic carbocycles. The number of fused-ring (bicyclic) bond motifs is 4. The van der Waals surface area contributed by atoms with E-state index in [-0.39, 0.29) is 17.3 Å². The van der Waals surface area contributed by atoms with Gasteiger partial charge in [0.05, 0.1) is 0 Å². The van der Waals surface area contributed by atoms with Crippen LogP contribution in [0.1, 0.15) is 88.6 Å². The Morgan fingerprint density at radius 2 is 1.10 bits per heavy atom. The SMILES string of the molecule is CC1=Cc2cccc(C(C)C)c2C1C(c1ccccc1)(c1ccccc1)C1c2cc(C)ccc2-c2ccc(C)cc21. The van der Waals surface area contributed by atoms with E-state index >= 15 is 0 Å². The van der Waals surface area contributed by atoms with Crippen molar-refractivity contribution in [2.24, 2.45) is 0 Å². The van der Waals surface area contributed by atoms with Crippen LogP contribution in [0.2, 0.25) is 0 Å². The molecule has 0 spiro atoms. The molecule has 0 N–H and O–H groups in total. The molecule has 7 rings (SSSR count). The minimum atomic E-state index is -0.360. The Morgan fingerprint density at radius 1 is 0.561 bits per heavy atom. The third-order valence-corrected chi connectivity index (χ3v) is 9.66. The zero-order valence-electron chi connectivity index (χ0n) is 24.8. The molecular weight excluding hydrogens is 492 g/mol. The van der Waals surface area contributed by atoms with Crippen LogP contribution in [0.5, 0.6) is 0 Å². The van der Waals surface area contributed by atoms with Crippen molar-refractivity contribution < 1.29 is 0 Å². The highest BCUT2D eigenvalue weighted by Crippen LogP contribution is 2.65. The highest BCUT2D eigenvalue weighted by atomic mass is 14.6. The summed E-state index contributed by atoms with van der Waals surface area (Å²) in [5.74, 6) is 0.769. The molecule has 0 aromatic heterocycles. The predicted octanol–water partition coefficient (Wildman–Crippen LogP) is 10.7. The highest BCUT2D eigenvalue weighted by Gasteiger charge is 2.55. The van der Waals surface area contributed by atoms with E-state index in [2.05, 4.69) is 156 Å². The van der Waals surface area contributed by atoms with Crippen molar-refractivity contribution in [1.82, 2.24) is 0 Å². The molecule has 0 fully saturated rings. The Balaban J connectivity index is 1.68. The van der Waals surface area contributed by atoms with Gasteiger partial charge in [0.2, 0.25) is 0 Å². The Bertz CT molecular complexity index is 1690. The normalized spacial score (nSPS) is 16.0. The standard InChI is InChI=1S/C41H38/c1-26(2)33-18-12-13-30-25-29(5)39(38(30)33)41(31-14-8-6-9-15-31,32-16-10-7-11-17-32)40-36-23-27(3)19-21-34(36)35-22-20-28(4)24-37(35)40/h6-26,39-40H,1-5H3. The molecular formula is C41H38. The van der Waals surface area contributed by atoms with Gasteiger partial charge in [-0.3, -0.25) is 0 Å². The molecule has 2 aliphatic carbocycles. The van der Waals surface area contributed by atoms with E-state index in [1.807, 2.05) is 0 Å². The van der Waals surface area contributed by atoms with Crippen LogP contribution in [0.15, 0.2) is 121 Å². The van der Waals surface area contributed by atoms with Crippen molar-refractivity contribution >= 4 is 6.08 Å². The summed E-state index contributed by atoms with van der Waals surface area (Å²) < 4.78 is 0. The summed E-state index contributed by atoms with van der Waals surface area (Å²) in [6, 6.07) is 44.0. The van der Waals surface area contributed by atoms with Gasteiger partial charge < -0.3 is 0 Å². The smallest absolute Gasteiger partial charge is 0.0418 e. The van der Waals surface area contributed by atoms with Crippen LogP contribution in [-0.2, 0) is 5.41 Å². The monoisotopic (exact) mass is 530 g/mol. The average molecular weight is 531 g/mol. The molecule has 0 bridgehead atoms. The molecule has 0 nitrogen and oxygen atoms in total. The van der Waals surface area contributed by atoms with Gasteiger partial charge in [-0.25, -0.2) is 0 Å². The fraction of sp³-hybridized carbons (Fsp3) is 0.220. The number of aryl methyl sites for hydroxylation is 2. The van der Waals surface area contributed by atoms with Crippen molar-refractivity contribution in [3.8, 4) is 11.1 Å². The molecule has 0 heteroatoms. The molecule has 0 aliphatic heterocycles. The van der Waals surface area contributed by atoms with Gasteiger partial charge in [0.1, 0.15) is 0 Å². The maximum Gasteiger partial charge on any atom is 0.0418 e. The predicted molar refractivity (Wildman–Crippen MR) is 174 cm³/mol. The molecule has 0 saturated heterocycles. The Hall–Kier alpha value is -4.16. The van der Waals surface area contributed by atoms with Crippen molar-refractivity contribution in [1.29, 1.82) is 0 Å². The Labute approximate surface area is 245 Å². The molecule has 1 atom stereocenters. The van der Waals surface area contributed by atoms with Crippen molar-refractivity contribution in [3.63, 3.8) is 0 Å². The number of hydrogen-bond acceptors (Lipinski definition) is 0. The number of hydrogen-bond donors (Lipinski definition) is 0. The van der Waals surface area contributed by atoms with Gasteiger partial charge in [0, 0.05) is 17.3 Å². The van der Waals surface area contributed by atoms with E-state index in [9.17, 15) is 0 Å². The maximum absolute atomic E-state index is 2.47. The lowest BCUT2D eigenvalue weighted by Crippen LogP contribution is -2.41. The largest absolute Gasteiger partial charge is 0.0639 e. The molecule has 0 amide bonds. The van der Waals surface area contributed by atoms with E-state index in [0.717, 1.165) is 0 Å². The first-order valence-corrected chi connectivity index (χ1v) is 15.0. The third kappa shape index (κ3) is 3.81. The summed E-state index contributed by atoms with van der Waals surface area (Å²) in [4.78, 5) is 0. The lowest BCUT2D eigenvalue weighted by Gasteiger charge is -2.48. The molecule has 0 saturated carbocycles. The summed E-state index contributed by atoms with van der Waals surface area (Å²) in [5.41, 5.74) is 16.5. The summed E-state index contributed by atoms with van der Waals surface area (Å²) in [6.07, 6.45) is 2.47. The van der Waals surface area contributed by atoms with Gasteiger partial charge >= 0.3 is 0 Å². The van der Waals surface area contributed by atoms with Crippen LogP contribution >= 0.6 is 0 Å². The average Bonchev–Trinajstić information content (AvgIpc) is 3.48. The van der Waals surface area contributed by atoms with Crippen LogP contribution in [0.3, 0.4) is 0 Å². The molecule has 1 unspecified atom stereocenters. The minimum absolute atomic E-state index is 0.150. The minimum Gasteiger partial charge on any atom is -0.0639 e. The van der Waals surface area contributed by atoms with Crippen LogP contribution in [0, 0.1) is 13.8 Å². The molecule has 5 aromatic rings. The van der Waals surface area contributed by atoms with Crippen molar-refractivity contribution in [2.45, 2.75) is 57.8 Å². The molecule has 0 heterocycles. The van der Waals surface area contributed by atoms with E-state index in [4.69, 9.17) is 0 Å². The van der Waals surface area contributed by atoms with Crippen LogP contribution in [0.25, 0.3) is 17.2 Å². The van der Waals surface area contributed by atoms with E-state index in [1.165, 1.54) is 66.8 Å².